The number of aromatic nitrogens is 1. The van der Waals surface area contributed by atoms with Crippen LogP contribution in [0.4, 0.5) is 0 Å². The molecular formula is C46H73N13O12. The first-order valence-corrected chi connectivity index (χ1v) is 23.7. The summed E-state index contributed by atoms with van der Waals surface area (Å²) < 4.78 is 0. The Bertz CT molecular complexity index is 2140. The molecule has 4 atom stereocenters. The first-order valence-electron chi connectivity index (χ1n) is 23.7. The second-order valence-corrected chi connectivity index (χ2v) is 17.1. The predicted molar refractivity (Wildman–Crippen MR) is 260 cm³/mol. The number of likely N-dealkylation sites (tertiary alicyclic amines) is 1. The van der Waals surface area contributed by atoms with Gasteiger partial charge in [-0.3, -0.25) is 52.7 Å². The van der Waals surface area contributed by atoms with Crippen LogP contribution in [-0.2, 0) is 52.7 Å². The molecule has 4 unspecified atom stereocenters. The molecule has 2 fully saturated rings. The molecule has 14 N–H and O–H groups in total. The Morgan fingerprint density at radius 3 is 2.01 bits per heavy atom. The van der Waals surface area contributed by atoms with Gasteiger partial charge in [-0.15, -0.1) is 0 Å². The zero-order chi connectivity index (χ0) is 53.0. The summed E-state index contributed by atoms with van der Waals surface area (Å²) in [6.07, 6.45) is 6.23. The molecule has 0 spiro atoms. The van der Waals surface area contributed by atoms with E-state index in [0.29, 0.717) is 25.8 Å². The number of fused-ring (bicyclic) bond motifs is 1. The number of hydrogen-bond donors (Lipinski definition) is 12. The first kappa shape index (κ1) is 60.0. The van der Waals surface area contributed by atoms with Crippen LogP contribution in [0.25, 0.3) is 10.9 Å². The minimum atomic E-state index is -1.27. The van der Waals surface area contributed by atoms with E-state index < -0.39 is 129 Å². The van der Waals surface area contributed by atoms with Crippen molar-refractivity contribution in [3.63, 3.8) is 0 Å². The molecule has 2 saturated heterocycles. The quantitative estimate of drug-likeness (QED) is 0.0503. The summed E-state index contributed by atoms with van der Waals surface area (Å²) in [6, 6.07) is 4.13. The van der Waals surface area contributed by atoms with Crippen LogP contribution in [0.3, 0.4) is 0 Å². The van der Waals surface area contributed by atoms with Gasteiger partial charge in [0.15, 0.2) is 0 Å². The van der Waals surface area contributed by atoms with Gasteiger partial charge in [-0.25, -0.2) is 0 Å². The number of carboxylic acids is 1. The van der Waals surface area contributed by atoms with Gasteiger partial charge in [-0.2, -0.15) is 0 Å². The summed E-state index contributed by atoms with van der Waals surface area (Å²) in [5, 5.41) is 29.5. The van der Waals surface area contributed by atoms with Crippen molar-refractivity contribution in [3.8, 4) is 0 Å². The summed E-state index contributed by atoms with van der Waals surface area (Å²) in [5.41, 5.74) is 12.8. The molecule has 2 aromatic rings. The molecule has 10 amide bonds. The van der Waals surface area contributed by atoms with Crippen LogP contribution in [0.1, 0.15) is 84.6 Å². The van der Waals surface area contributed by atoms with Crippen molar-refractivity contribution >= 4 is 75.9 Å². The van der Waals surface area contributed by atoms with Crippen molar-refractivity contribution < 1.29 is 57.8 Å². The van der Waals surface area contributed by atoms with Gasteiger partial charge in [0, 0.05) is 36.1 Å². The Kier molecular flexibility index (Phi) is 26.9. The second-order valence-electron chi connectivity index (χ2n) is 17.1. The zero-order valence-corrected chi connectivity index (χ0v) is 41.3. The van der Waals surface area contributed by atoms with Gasteiger partial charge in [-0.1, -0.05) is 31.5 Å². The maximum atomic E-state index is 13.0. The molecule has 2 aliphatic rings. The normalized spacial score (nSPS) is 15.6. The lowest BCUT2D eigenvalue weighted by molar-refractivity contribution is -0.143. The number of nitrogens with zero attached hydrogens (tertiary/aromatic N) is 2. The van der Waals surface area contributed by atoms with E-state index in [1.54, 1.807) is 13.8 Å². The van der Waals surface area contributed by atoms with Gasteiger partial charge in [0.2, 0.25) is 59.1 Å². The molecule has 25 heteroatoms. The summed E-state index contributed by atoms with van der Waals surface area (Å²) in [4.78, 5) is 141. The molecule has 4 rings (SSSR count). The molecular weight excluding hydrogens is 927 g/mol. The highest BCUT2D eigenvalue weighted by Crippen LogP contribution is 2.18. The third-order valence-corrected chi connectivity index (χ3v) is 11.1. The smallest absolute Gasteiger partial charge is 0.322 e. The fraction of sp³-hybridized carbons (Fsp3) is 0.587. The van der Waals surface area contributed by atoms with Gasteiger partial charge in [0.25, 0.3) is 0 Å². The number of para-hydroxylation sites is 1. The molecule has 2 aliphatic heterocycles. The number of carboxylic acid groups (broad SMARTS) is 1. The predicted octanol–water partition coefficient (Wildman–Crippen LogP) is -2.89. The molecule has 0 aliphatic carbocycles. The lowest BCUT2D eigenvalue weighted by Crippen LogP contribution is -2.55. The molecule has 0 radical (unpaired) electrons. The summed E-state index contributed by atoms with van der Waals surface area (Å²) in [6.45, 7) is 7.39. The maximum absolute atomic E-state index is 13.0. The monoisotopic (exact) mass is 1000 g/mol. The average Bonchev–Trinajstić information content (AvgIpc) is 4.14. The summed E-state index contributed by atoms with van der Waals surface area (Å²) >= 11 is 0. The molecule has 71 heavy (non-hydrogen) atoms. The van der Waals surface area contributed by atoms with Crippen LogP contribution in [0, 0.1) is 6.92 Å². The van der Waals surface area contributed by atoms with Crippen LogP contribution < -0.4 is 54.0 Å². The number of rotatable bonds is 24. The van der Waals surface area contributed by atoms with Crippen LogP contribution in [0.5, 0.6) is 0 Å². The highest BCUT2D eigenvalue weighted by atomic mass is 16.4. The number of carbonyl (C=O) groups is 11. The van der Waals surface area contributed by atoms with Gasteiger partial charge < -0.3 is 73.9 Å². The van der Waals surface area contributed by atoms with Crippen molar-refractivity contribution in [1.82, 2.24) is 57.3 Å². The van der Waals surface area contributed by atoms with E-state index in [4.69, 9.17) is 16.6 Å². The molecule has 0 saturated carbocycles. The lowest BCUT2D eigenvalue weighted by Gasteiger charge is -2.32. The van der Waals surface area contributed by atoms with E-state index in [9.17, 15) is 52.7 Å². The number of aromatic amines is 1. The number of primary amides is 1. The topological polar surface area (TPSA) is 379 Å². The highest BCUT2D eigenvalue weighted by molar-refractivity contribution is 5.96. The molecule has 1 aromatic carbocycles. The van der Waals surface area contributed by atoms with Crippen LogP contribution >= 0.6 is 0 Å². The Morgan fingerprint density at radius 1 is 0.789 bits per heavy atom. The van der Waals surface area contributed by atoms with Crippen LogP contribution in [0.15, 0.2) is 30.5 Å². The molecule has 25 nitrogen and oxygen atoms in total. The zero-order valence-electron chi connectivity index (χ0n) is 41.3. The third-order valence-electron chi connectivity index (χ3n) is 11.1. The van der Waals surface area contributed by atoms with Gasteiger partial charge in [-0.05, 0) is 90.9 Å². The fourth-order valence-corrected chi connectivity index (χ4v) is 7.39. The Morgan fingerprint density at radius 2 is 1.42 bits per heavy atom. The van der Waals surface area contributed by atoms with E-state index in [2.05, 4.69) is 79.6 Å². The van der Waals surface area contributed by atoms with Crippen molar-refractivity contribution in [3.05, 3.63) is 36.0 Å². The van der Waals surface area contributed by atoms with Crippen molar-refractivity contribution in [1.29, 1.82) is 0 Å². The molecule has 0 bridgehead atoms. The van der Waals surface area contributed by atoms with Crippen molar-refractivity contribution in [2.45, 2.75) is 116 Å². The summed E-state index contributed by atoms with van der Waals surface area (Å²) in [5.74, 6) is -8.01. The third kappa shape index (κ3) is 22.0. The number of aliphatic carboxylic acids is 1. The number of carbonyl (C=O) groups excluding carboxylic acids is 10. The standard InChI is InChI=1S/C33H53N11O12.C9H9N.C4H11N/c1-18(2)44(19(3)30(53)40-15-27(49)43-11-5-7-22(43)33(56)41-17-29(51)52)28(50)16-37-24(46)12-36-25(47)13-38-32(55)21(8-9-23(34)45)42-26(48)14-39-31(54)20-6-4-10-35-20;1-7-6-10-9-5-3-2-4-8(7)9;1-2-3-4-5/h18-22,35H,4-17H2,1-3H3,(H2,34,45)(H,36,47)(H,37,46)(H,38,55)(H,39,54)(H,40,53)(H,41,56)(H,42,48)(H,51,52);2-6,10H,1H3;2-5H2,1H3. The number of H-pyrrole nitrogens is 1. The SMILES string of the molecule is CC(C)N(C(=O)CNC(=O)CNC(=O)CNC(=O)C(CCC(N)=O)NC(=O)CNC(=O)C1CCCN1)C(C)C(=O)NCC(=O)N1CCCC1C(=O)NCC(=O)O.CCCCN.Cc1c[nH]c2ccccc12. The average molecular weight is 1000 g/mol. The van der Waals surface area contributed by atoms with Gasteiger partial charge in [0.05, 0.1) is 38.8 Å². The molecule has 1 aromatic heterocycles. The van der Waals surface area contributed by atoms with Crippen LogP contribution in [-0.4, -0.2) is 174 Å². The van der Waals surface area contributed by atoms with Gasteiger partial charge in [0.1, 0.15) is 24.7 Å². The van der Waals surface area contributed by atoms with E-state index in [1.807, 2.05) is 12.3 Å². The Hall–Kier alpha value is -7.15. The highest BCUT2D eigenvalue weighted by Gasteiger charge is 2.35. The Balaban J connectivity index is 0.000000970. The second kappa shape index (κ2) is 31.9. The molecule has 3 heterocycles. The number of aryl methyl sites for hydroxylation is 1. The minimum absolute atomic E-state index is 0.189. The number of nitrogens with two attached hydrogens (primary N) is 2. The van der Waals surface area contributed by atoms with E-state index in [0.717, 1.165) is 13.0 Å². The van der Waals surface area contributed by atoms with Crippen molar-refractivity contribution in [2.24, 2.45) is 11.5 Å². The van der Waals surface area contributed by atoms with Crippen LogP contribution in [0.2, 0.25) is 0 Å². The number of hydrogen-bond acceptors (Lipinski definition) is 13. The lowest BCUT2D eigenvalue weighted by atomic mass is 10.1. The maximum Gasteiger partial charge on any atom is 0.322 e. The number of amides is 10. The number of unbranched alkanes of at least 4 members (excludes halogenated alkanes) is 1. The molecule has 394 valence electrons. The first-order chi connectivity index (χ1) is 33.7. The van der Waals surface area contributed by atoms with E-state index in [1.165, 1.54) is 46.0 Å². The van der Waals surface area contributed by atoms with E-state index >= 15 is 0 Å². The number of benzene rings is 1. The number of nitrogens with one attached hydrogen (secondary N) is 9. The van der Waals surface area contributed by atoms with E-state index in [-0.39, 0.29) is 25.3 Å². The summed E-state index contributed by atoms with van der Waals surface area (Å²) in [7, 11) is 0. The van der Waals surface area contributed by atoms with Crippen molar-refractivity contribution in [2.75, 3.05) is 58.9 Å². The largest absolute Gasteiger partial charge is 0.480 e. The fourth-order valence-electron chi connectivity index (χ4n) is 7.39. The minimum Gasteiger partial charge on any atom is -0.480 e. The van der Waals surface area contributed by atoms with Gasteiger partial charge >= 0.3 is 5.97 Å². The Labute approximate surface area is 412 Å².